The van der Waals surface area contributed by atoms with Crippen molar-refractivity contribution in [3.05, 3.63) is 89.4 Å². The number of furan rings is 1. The minimum Gasteiger partial charge on any atom is -0.489 e. The highest BCUT2D eigenvalue weighted by Gasteiger charge is 2.15. The lowest BCUT2D eigenvalue weighted by Gasteiger charge is -2.13. The Morgan fingerprint density at radius 3 is 2.66 bits per heavy atom. The van der Waals surface area contributed by atoms with Crippen molar-refractivity contribution in [2.24, 2.45) is 0 Å². The van der Waals surface area contributed by atoms with Crippen molar-refractivity contribution in [1.82, 2.24) is 0 Å². The fourth-order valence-corrected chi connectivity index (χ4v) is 3.69. The summed E-state index contributed by atoms with van der Waals surface area (Å²) in [6.45, 7) is 5.86. The molecule has 0 saturated carbocycles. The molecular weight excluding hydrogens is 407 g/mol. The first-order valence-electron chi connectivity index (χ1n) is 10.6. The van der Waals surface area contributed by atoms with Gasteiger partial charge in [-0.05, 0) is 50.1 Å². The van der Waals surface area contributed by atoms with Gasteiger partial charge in [-0.1, -0.05) is 48.0 Å². The van der Waals surface area contributed by atoms with Gasteiger partial charge in [-0.15, -0.1) is 0 Å². The number of rotatable bonds is 7. The lowest BCUT2D eigenvalue weighted by atomic mass is 9.99. The topological polar surface area (TPSA) is 48.7 Å². The van der Waals surface area contributed by atoms with Gasteiger partial charge in [0.1, 0.15) is 24.2 Å². The van der Waals surface area contributed by atoms with Crippen LogP contribution >= 0.6 is 0 Å². The molecule has 0 aliphatic heterocycles. The van der Waals surface area contributed by atoms with E-state index in [2.05, 4.69) is 0 Å². The molecule has 5 heteroatoms. The van der Waals surface area contributed by atoms with Crippen molar-refractivity contribution in [2.45, 2.75) is 39.9 Å². The number of benzene rings is 3. The Labute approximate surface area is 186 Å². The molecule has 0 radical (unpaired) electrons. The number of esters is 1. The molecule has 0 spiro atoms. The van der Waals surface area contributed by atoms with Crippen molar-refractivity contribution in [1.29, 1.82) is 0 Å². The van der Waals surface area contributed by atoms with Crippen LogP contribution in [0.3, 0.4) is 0 Å². The van der Waals surface area contributed by atoms with Crippen molar-refractivity contribution >= 4 is 16.9 Å². The molecule has 0 N–H and O–H groups in total. The Kier molecular flexibility index (Phi) is 6.26. The lowest BCUT2D eigenvalue weighted by Crippen LogP contribution is -2.14. The predicted octanol–water partition coefficient (Wildman–Crippen LogP) is 6.62. The largest absolute Gasteiger partial charge is 0.489 e. The standard InChI is InChI=1S/C27H25FO4/c1-17(2)32-26(29)14-21-8-4-5-10-25(21)30-15-19-12-22(20-9-6-7-18(3)11-20)27-23(13-19)24(28)16-31-27/h4-13,16-17H,14-15H2,1-3H3. The summed E-state index contributed by atoms with van der Waals surface area (Å²) in [6.07, 6.45) is 1.08. The maximum atomic E-state index is 14.4. The first-order valence-corrected chi connectivity index (χ1v) is 10.6. The molecule has 4 nitrogen and oxygen atoms in total. The second-order valence-corrected chi connectivity index (χ2v) is 8.08. The molecule has 0 aliphatic carbocycles. The molecule has 0 saturated heterocycles. The van der Waals surface area contributed by atoms with Crippen LogP contribution in [-0.4, -0.2) is 12.1 Å². The summed E-state index contributed by atoms with van der Waals surface area (Å²) in [7, 11) is 0. The third-order valence-electron chi connectivity index (χ3n) is 5.08. The van der Waals surface area contributed by atoms with Crippen molar-refractivity contribution in [3.63, 3.8) is 0 Å². The normalized spacial score (nSPS) is 11.2. The maximum absolute atomic E-state index is 14.4. The Hall–Kier alpha value is -3.60. The van der Waals surface area contributed by atoms with Crippen LogP contribution in [0.1, 0.15) is 30.5 Å². The quantitative estimate of drug-likeness (QED) is 0.308. The smallest absolute Gasteiger partial charge is 0.310 e. The predicted molar refractivity (Wildman–Crippen MR) is 122 cm³/mol. The molecule has 0 unspecified atom stereocenters. The van der Waals surface area contributed by atoms with Gasteiger partial charge in [0.15, 0.2) is 5.82 Å². The van der Waals surface area contributed by atoms with Crippen LogP contribution < -0.4 is 4.74 Å². The van der Waals surface area contributed by atoms with Crippen LogP contribution in [0.2, 0.25) is 0 Å². The van der Waals surface area contributed by atoms with Crippen LogP contribution in [0, 0.1) is 12.7 Å². The summed E-state index contributed by atoms with van der Waals surface area (Å²) in [4.78, 5) is 12.1. The average Bonchev–Trinajstić information content (AvgIpc) is 3.13. The molecule has 0 bridgehead atoms. The lowest BCUT2D eigenvalue weighted by molar-refractivity contribution is -0.146. The first-order chi connectivity index (χ1) is 15.4. The fourth-order valence-electron chi connectivity index (χ4n) is 3.69. The summed E-state index contributed by atoms with van der Waals surface area (Å²) < 4.78 is 31.2. The number of fused-ring (bicyclic) bond motifs is 1. The second kappa shape index (κ2) is 9.27. The van der Waals surface area contributed by atoms with Gasteiger partial charge >= 0.3 is 5.97 Å². The summed E-state index contributed by atoms with van der Waals surface area (Å²) in [5.41, 5.74) is 4.91. The Morgan fingerprint density at radius 1 is 1.06 bits per heavy atom. The molecule has 4 aromatic rings. The Bertz CT molecular complexity index is 1260. The molecule has 0 fully saturated rings. The van der Waals surface area contributed by atoms with E-state index in [9.17, 15) is 9.18 Å². The zero-order valence-electron chi connectivity index (χ0n) is 18.4. The van der Waals surface area contributed by atoms with Crippen molar-refractivity contribution in [3.8, 4) is 16.9 Å². The molecule has 1 aromatic heterocycles. The van der Waals surface area contributed by atoms with E-state index in [4.69, 9.17) is 13.9 Å². The minimum absolute atomic E-state index is 0.123. The van der Waals surface area contributed by atoms with Gasteiger partial charge in [0.2, 0.25) is 0 Å². The van der Waals surface area contributed by atoms with Crippen LogP contribution in [-0.2, 0) is 22.6 Å². The first kappa shape index (κ1) is 21.6. The maximum Gasteiger partial charge on any atom is 0.310 e. The van der Waals surface area contributed by atoms with Gasteiger partial charge in [0.05, 0.1) is 17.9 Å². The highest BCUT2D eigenvalue weighted by atomic mass is 19.1. The van der Waals surface area contributed by atoms with E-state index in [-0.39, 0.29) is 25.1 Å². The number of para-hydroxylation sites is 1. The van der Waals surface area contributed by atoms with Gasteiger partial charge in [-0.2, -0.15) is 0 Å². The number of carbonyl (C=O) groups is 1. The highest BCUT2D eigenvalue weighted by Crippen LogP contribution is 2.33. The van der Waals surface area contributed by atoms with Gasteiger partial charge in [0, 0.05) is 11.1 Å². The summed E-state index contributed by atoms with van der Waals surface area (Å²) in [5.74, 6) is -0.120. The third kappa shape index (κ3) is 4.83. The summed E-state index contributed by atoms with van der Waals surface area (Å²) in [6, 6.07) is 19.0. The van der Waals surface area contributed by atoms with Crippen molar-refractivity contribution in [2.75, 3.05) is 0 Å². The molecule has 1 heterocycles. The average molecular weight is 432 g/mol. The van der Waals surface area contributed by atoms with E-state index in [1.165, 1.54) is 0 Å². The summed E-state index contributed by atoms with van der Waals surface area (Å²) in [5, 5.41) is 0.413. The molecule has 3 aromatic carbocycles. The van der Waals surface area contributed by atoms with E-state index < -0.39 is 5.82 Å². The number of aryl methyl sites for hydroxylation is 1. The Morgan fingerprint density at radius 2 is 1.88 bits per heavy atom. The fraction of sp³-hybridized carbons (Fsp3) is 0.222. The number of hydrogen-bond donors (Lipinski definition) is 0. The zero-order valence-corrected chi connectivity index (χ0v) is 18.4. The third-order valence-corrected chi connectivity index (χ3v) is 5.08. The van der Waals surface area contributed by atoms with Gasteiger partial charge in [-0.3, -0.25) is 4.79 Å². The molecule has 32 heavy (non-hydrogen) atoms. The Balaban J connectivity index is 1.62. The monoisotopic (exact) mass is 432 g/mol. The van der Waals surface area contributed by atoms with Crippen LogP contribution in [0.15, 0.2) is 71.3 Å². The highest BCUT2D eigenvalue weighted by molar-refractivity contribution is 5.93. The SMILES string of the molecule is Cc1cccc(-c2cc(COc3ccccc3CC(=O)OC(C)C)cc3c(F)coc23)c1. The zero-order chi connectivity index (χ0) is 22.7. The van der Waals surface area contributed by atoms with E-state index >= 15 is 0 Å². The van der Waals surface area contributed by atoms with Crippen LogP contribution in [0.5, 0.6) is 5.75 Å². The minimum atomic E-state index is -0.410. The molecular formula is C27H25FO4. The van der Waals surface area contributed by atoms with E-state index in [0.717, 1.165) is 34.1 Å². The van der Waals surface area contributed by atoms with Crippen LogP contribution in [0.25, 0.3) is 22.1 Å². The van der Waals surface area contributed by atoms with E-state index in [1.54, 1.807) is 6.07 Å². The summed E-state index contributed by atoms with van der Waals surface area (Å²) >= 11 is 0. The second-order valence-electron chi connectivity index (χ2n) is 8.08. The molecule has 0 atom stereocenters. The number of ether oxygens (including phenoxy) is 2. The van der Waals surface area contributed by atoms with Gasteiger partial charge < -0.3 is 13.9 Å². The molecule has 0 aliphatic rings. The van der Waals surface area contributed by atoms with E-state index in [0.29, 0.717) is 16.7 Å². The number of hydrogen-bond acceptors (Lipinski definition) is 4. The molecule has 0 amide bonds. The van der Waals surface area contributed by atoms with Gasteiger partial charge in [0.25, 0.3) is 0 Å². The van der Waals surface area contributed by atoms with Crippen molar-refractivity contribution < 1.29 is 23.1 Å². The molecule has 4 rings (SSSR count). The number of halogens is 1. The number of carbonyl (C=O) groups excluding carboxylic acids is 1. The van der Waals surface area contributed by atoms with Crippen LogP contribution in [0.4, 0.5) is 4.39 Å². The van der Waals surface area contributed by atoms with Gasteiger partial charge in [-0.25, -0.2) is 4.39 Å². The molecule has 164 valence electrons. The van der Waals surface area contributed by atoms with E-state index in [1.807, 2.05) is 75.4 Å².